The molecule has 22 heavy (non-hydrogen) atoms. The number of allylic oxidation sites excluding steroid dienone is 2. The van der Waals surface area contributed by atoms with Crippen molar-refractivity contribution >= 4 is 5.78 Å². The minimum Gasteiger partial charge on any atom is -0.330 e. The van der Waals surface area contributed by atoms with Crippen molar-refractivity contribution in [2.24, 2.45) is 5.73 Å². The van der Waals surface area contributed by atoms with Crippen molar-refractivity contribution in [1.82, 2.24) is 0 Å². The van der Waals surface area contributed by atoms with Crippen molar-refractivity contribution in [1.29, 1.82) is 0 Å². The number of Topliss-reactive ketones (excluding diaryl/α,β-unsaturated/α-hetero) is 1. The number of rotatable bonds is 17. The molecule has 0 atom stereocenters. The van der Waals surface area contributed by atoms with Gasteiger partial charge in [0.25, 0.3) is 0 Å². The minimum atomic E-state index is 0.338. The Hall–Kier alpha value is -0.630. The zero-order valence-electron chi connectivity index (χ0n) is 15.0. The van der Waals surface area contributed by atoms with Gasteiger partial charge in [-0.15, -0.1) is 0 Å². The van der Waals surface area contributed by atoms with Gasteiger partial charge in [0, 0.05) is 6.42 Å². The first-order valence-electron chi connectivity index (χ1n) is 9.62. The van der Waals surface area contributed by atoms with Gasteiger partial charge in [-0.3, -0.25) is 0 Å². The van der Waals surface area contributed by atoms with Gasteiger partial charge in [-0.05, 0) is 52.0 Å². The van der Waals surface area contributed by atoms with Crippen molar-refractivity contribution in [2.45, 2.75) is 103 Å². The molecule has 0 fully saturated rings. The van der Waals surface area contributed by atoms with Gasteiger partial charge in [-0.2, -0.15) is 0 Å². The van der Waals surface area contributed by atoms with E-state index >= 15 is 0 Å². The third kappa shape index (κ3) is 19.4. The molecule has 0 rings (SSSR count). The summed E-state index contributed by atoms with van der Waals surface area (Å²) in [6.07, 6.45) is 23.5. The van der Waals surface area contributed by atoms with Crippen LogP contribution in [0.15, 0.2) is 12.2 Å². The first-order valence-corrected chi connectivity index (χ1v) is 9.62. The van der Waals surface area contributed by atoms with Gasteiger partial charge in [-0.25, -0.2) is 0 Å². The molecule has 0 saturated heterocycles. The lowest BCUT2D eigenvalue weighted by molar-refractivity contribution is -0.117. The average molecular weight is 310 g/mol. The highest BCUT2D eigenvalue weighted by Crippen LogP contribution is 2.11. The van der Waals surface area contributed by atoms with Crippen LogP contribution in [-0.4, -0.2) is 12.3 Å². The van der Waals surface area contributed by atoms with E-state index in [4.69, 9.17) is 5.73 Å². The van der Waals surface area contributed by atoms with E-state index in [0.29, 0.717) is 5.78 Å². The molecular formula is C20H39NO. The summed E-state index contributed by atoms with van der Waals surface area (Å²) >= 11 is 0. The van der Waals surface area contributed by atoms with Crippen LogP contribution >= 0.6 is 0 Å². The molecule has 0 heterocycles. The summed E-state index contributed by atoms with van der Waals surface area (Å²) in [7, 11) is 0. The van der Waals surface area contributed by atoms with Crippen molar-refractivity contribution in [3.63, 3.8) is 0 Å². The maximum absolute atomic E-state index is 10.8. The molecule has 0 unspecified atom stereocenters. The third-order valence-corrected chi connectivity index (χ3v) is 4.14. The summed E-state index contributed by atoms with van der Waals surface area (Å²) < 4.78 is 0. The van der Waals surface area contributed by atoms with E-state index in [9.17, 15) is 4.79 Å². The highest BCUT2D eigenvalue weighted by molar-refractivity contribution is 5.75. The van der Waals surface area contributed by atoms with Crippen molar-refractivity contribution < 1.29 is 4.79 Å². The number of carbonyl (C=O) groups is 1. The van der Waals surface area contributed by atoms with E-state index < -0.39 is 0 Å². The molecule has 0 bridgehead atoms. The Kier molecular flexibility index (Phi) is 17.9. The van der Waals surface area contributed by atoms with Gasteiger partial charge in [0.15, 0.2) is 0 Å². The molecule has 0 saturated carbocycles. The third-order valence-electron chi connectivity index (χ3n) is 4.14. The number of unbranched alkanes of at least 4 members (excludes halogenated alkanes) is 12. The van der Waals surface area contributed by atoms with Crippen LogP contribution in [0.4, 0.5) is 0 Å². The predicted octanol–water partition coefficient (Wildman–Crippen LogP) is 5.94. The summed E-state index contributed by atoms with van der Waals surface area (Å²) in [5, 5.41) is 0. The number of ketones is 1. The van der Waals surface area contributed by atoms with Crippen molar-refractivity contribution in [3.8, 4) is 0 Å². The first-order chi connectivity index (χ1) is 10.8. The Morgan fingerprint density at radius 2 is 1.09 bits per heavy atom. The van der Waals surface area contributed by atoms with Crippen LogP contribution in [0.2, 0.25) is 0 Å². The second kappa shape index (κ2) is 18.4. The van der Waals surface area contributed by atoms with Gasteiger partial charge in [0.1, 0.15) is 5.78 Å². The molecule has 0 radical (unpaired) electrons. The maximum Gasteiger partial charge on any atom is 0.129 e. The smallest absolute Gasteiger partial charge is 0.129 e. The normalized spacial score (nSPS) is 11.4. The molecule has 0 amide bonds. The monoisotopic (exact) mass is 309 g/mol. The van der Waals surface area contributed by atoms with Crippen LogP contribution in [0.1, 0.15) is 103 Å². The van der Waals surface area contributed by atoms with Gasteiger partial charge in [-0.1, -0.05) is 63.5 Å². The molecule has 0 aliphatic carbocycles. The summed E-state index contributed by atoms with van der Waals surface area (Å²) in [5.41, 5.74) is 5.47. The van der Waals surface area contributed by atoms with Gasteiger partial charge < -0.3 is 10.5 Å². The van der Waals surface area contributed by atoms with Crippen LogP contribution in [-0.2, 0) is 4.79 Å². The minimum absolute atomic E-state index is 0.338. The van der Waals surface area contributed by atoms with Crippen molar-refractivity contribution in [3.05, 3.63) is 12.2 Å². The topological polar surface area (TPSA) is 43.1 Å². The summed E-state index contributed by atoms with van der Waals surface area (Å²) in [4.78, 5) is 10.8. The summed E-state index contributed by atoms with van der Waals surface area (Å²) in [5.74, 6) is 0.338. The lowest BCUT2D eigenvalue weighted by Gasteiger charge is -2.01. The Bertz CT molecular complexity index is 260. The first kappa shape index (κ1) is 21.4. The molecule has 0 aromatic rings. The van der Waals surface area contributed by atoms with Gasteiger partial charge >= 0.3 is 0 Å². The molecular weight excluding hydrogens is 270 g/mol. The summed E-state index contributed by atoms with van der Waals surface area (Å²) in [6.45, 7) is 2.53. The Morgan fingerprint density at radius 1 is 0.682 bits per heavy atom. The molecule has 2 N–H and O–H groups in total. The Morgan fingerprint density at radius 3 is 1.55 bits per heavy atom. The van der Waals surface area contributed by atoms with Gasteiger partial charge in [0.2, 0.25) is 0 Å². The Labute approximate surface area is 138 Å². The number of carbonyl (C=O) groups excluding carboxylic acids is 1. The van der Waals surface area contributed by atoms with E-state index in [0.717, 1.165) is 19.4 Å². The quantitative estimate of drug-likeness (QED) is 0.267. The van der Waals surface area contributed by atoms with E-state index in [1.54, 1.807) is 6.92 Å². The lowest BCUT2D eigenvalue weighted by atomic mass is 10.0. The zero-order valence-corrected chi connectivity index (χ0v) is 15.0. The largest absolute Gasteiger partial charge is 0.330 e. The molecule has 0 aromatic heterocycles. The van der Waals surface area contributed by atoms with E-state index in [1.165, 1.54) is 83.5 Å². The molecule has 0 aromatic carbocycles. The molecule has 2 heteroatoms. The lowest BCUT2D eigenvalue weighted by Crippen LogP contribution is -1.97. The number of hydrogen-bond donors (Lipinski definition) is 1. The maximum atomic E-state index is 10.8. The SMILES string of the molecule is CC(=O)CCCCCCCCCCC/C=C\CCCCCN. The predicted molar refractivity (Wildman–Crippen MR) is 98.1 cm³/mol. The zero-order chi connectivity index (χ0) is 16.3. The molecule has 0 aliphatic heterocycles. The van der Waals surface area contributed by atoms with E-state index in [1.807, 2.05) is 0 Å². The fourth-order valence-electron chi connectivity index (χ4n) is 2.69. The van der Waals surface area contributed by atoms with E-state index in [2.05, 4.69) is 12.2 Å². The fraction of sp³-hybridized carbons (Fsp3) is 0.850. The molecule has 0 spiro atoms. The van der Waals surface area contributed by atoms with Crippen LogP contribution in [0.5, 0.6) is 0 Å². The standard InChI is InChI=1S/C20H39NO/c1-20(22)18-16-14-12-10-8-6-4-2-3-5-7-9-11-13-15-17-19-21/h7,9H,2-6,8,10-19,21H2,1H3/b9-7-. The average Bonchev–Trinajstić information content (AvgIpc) is 2.50. The second-order valence-electron chi connectivity index (χ2n) is 6.53. The number of nitrogens with two attached hydrogens (primary N) is 1. The van der Waals surface area contributed by atoms with Crippen LogP contribution in [0, 0.1) is 0 Å². The Balaban J connectivity index is 3.05. The second-order valence-corrected chi connectivity index (χ2v) is 6.53. The fourth-order valence-corrected chi connectivity index (χ4v) is 2.69. The van der Waals surface area contributed by atoms with Gasteiger partial charge in [0.05, 0.1) is 0 Å². The van der Waals surface area contributed by atoms with E-state index in [-0.39, 0.29) is 0 Å². The van der Waals surface area contributed by atoms with Crippen molar-refractivity contribution in [2.75, 3.05) is 6.54 Å². The molecule has 0 aliphatic rings. The number of hydrogen-bond acceptors (Lipinski definition) is 2. The van der Waals surface area contributed by atoms with Crippen LogP contribution < -0.4 is 5.73 Å². The van der Waals surface area contributed by atoms with Crippen LogP contribution in [0.25, 0.3) is 0 Å². The molecule has 130 valence electrons. The molecule has 2 nitrogen and oxygen atoms in total. The van der Waals surface area contributed by atoms with Crippen LogP contribution in [0.3, 0.4) is 0 Å². The highest BCUT2D eigenvalue weighted by atomic mass is 16.1. The highest BCUT2D eigenvalue weighted by Gasteiger charge is 1.95. The summed E-state index contributed by atoms with van der Waals surface area (Å²) in [6, 6.07) is 0.